The van der Waals surface area contributed by atoms with Crippen molar-refractivity contribution >= 4 is 0 Å². The molecular weight excluding hydrogens is 210 g/mol. The topological polar surface area (TPSA) is 12.5 Å². The van der Waals surface area contributed by atoms with E-state index in [1.54, 1.807) is 0 Å². The molecule has 1 saturated heterocycles. The molecule has 1 fully saturated rings. The highest BCUT2D eigenvalue weighted by molar-refractivity contribution is 5.01. The van der Waals surface area contributed by atoms with Crippen molar-refractivity contribution < 1.29 is 4.74 Å². The lowest BCUT2D eigenvalue weighted by Gasteiger charge is -2.30. The first kappa shape index (κ1) is 16.5. The minimum absolute atomic E-state index is 0.439. The monoisotopic (exact) mass is 239 g/mol. The summed E-state index contributed by atoms with van der Waals surface area (Å²) in [5.41, 5.74) is 0. The van der Waals surface area contributed by atoms with Gasteiger partial charge in [-0.05, 0) is 19.4 Å². The van der Waals surface area contributed by atoms with Crippen molar-refractivity contribution in [2.45, 2.75) is 53.6 Å². The number of nitrogens with zero attached hydrogens (tertiary/aromatic N) is 1. The van der Waals surface area contributed by atoms with Gasteiger partial charge < -0.3 is 9.64 Å². The fraction of sp³-hybridized carbons (Fsp3) is 0.867. The summed E-state index contributed by atoms with van der Waals surface area (Å²) in [5.74, 6) is 6.65. The first-order valence-electron chi connectivity index (χ1n) is 7.04. The molecule has 17 heavy (non-hydrogen) atoms. The fourth-order valence-electron chi connectivity index (χ4n) is 1.80. The zero-order valence-electron chi connectivity index (χ0n) is 12.3. The summed E-state index contributed by atoms with van der Waals surface area (Å²) in [4.78, 5) is 2.47. The summed E-state index contributed by atoms with van der Waals surface area (Å²) in [6, 6.07) is 0. The van der Waals surface area contributed by atoms with Gasteiger partial charge in [-0.2, -0.15) is 0 Å². The lowest BCUT2D eigenvalue weighted by Crippen LogP contribution is -2.36. The molecule has 1 rings (SSSR count). The van der Waals surface area contributed by atoms with E-state index in [0.717, 1.165) is 12.8 Å². The summed E-state index contributed by atoms with van der Waals surface area (Å²) in [6.45, 7) is 14.6. The smallest absolute Gasteiger partial charge is 0.108 e. The van der Waals surface area contributed by atoms with Crippen molar-refractivity contribution in [1.29, 1.82) is 0 Å². The molecular formula is C15H29NO. The van der Waals surface area contributed by atoms with Crippen LogP contribution < -0.4 is 0 Å². The van der Waals surface area contributed by atoms with Crippen LogP contribution >= 0.6 is 0 Å². The lowest BCUT2D eigenvalue weighted by atomic mass is 10.1. The Morgan fingerprint density at radius 2 is 1.82 bits per heavy atom. The molecule has 0 aromatic carbocycles. The Bertz CT molecular complexity index is 219. The van der Waals surface area contributed by atoms with E-state index in [4.69, 9.17) is 4.74 Å². The maximum atomic E-state index is 5.73. The second-order valence-corrected chi connectivity index (χ2v) is 4.42. The molecule has 0 unspecified atom stereocenters. The van der Waals surface area contributed by atoms with Crippen LogP contribution in [0, 0.1) is 17.8 Å². The molecule has 0 radical (unpaired) electrons. The van der Waals surface area contributed by atoms with Crippen molar-refractivity contribution in [3.63, 3.8) is 0 Å². The molecule has 0 bridgehead atoms. The molecule has 100 valence electrons. The van der Waals surface area contributed by atoms with Crippen molar-refractivity contribution in [3.05, 3.63) is 0 Å². The predicted octanol–water partition coefficient (Wildman–Crippen LogP) is 3.17. The van der Waals surface area contributed by atoms with Gasteiger partial charge in [0.2, 0.25) is 0 Å². The highest BCUT2D eigenvalue weighted by Crippen LogP contribution is 2.12. The Morgan fingerprint density at radius 1 is 1.24 bits per heavy atom. The van der Waals surface area contributed by atoms with Crippen LogP contribution in [0.3, 0.4) is 0 Å². The van der Waals surface area contributed by atoms with Gasteiger partial charge in [-0.25, -0.2) is 0 Å². The molecule has 0 aromatic heterocycles. The molecule has 2 heteroatoms. The lowest BCUT2D eigenvalue weighted by molar-refractivity contribution is 0.0258. The Labute approximate surface area is 108 Å². The summed E-state index contributed by atoms with van der Waals surface area (Å²) < 4.78 is 5.73. The number of ether oxygens (including phenoxy) is 1. The summed E-state index contributed by atoms with van der Waals surface area (Å²) in [7, 11) is 0. The number of likely N-dealkylation sites (tertiary alicyclic amines) is 1. The van der Waals surface area contributed by atoms with E-state index in [-0.39, 0.29) is 0 Å². The van der Waals surface area contributed by atoms with Crippen molar-refractivity contribution in [2.75, 3.05) is 26.2 Å². The Balaban J connectivity index is 0.00000121. The van der Waals surface area contributed by atoms with Crippen LogP contribution in [-0.2, 0) is 4.74 Å². The van der Waals surface area contributed by atoms with Gasteiger partial charge in [-0.15, -0.1) is 0 Å². The van der Waals surface area contributed by atoms with Crippen molar-refractivity contribution in [3.8, 4) is 11.8 Å². The second-order valence-electron chi connectivity index (χ2n) is 4.42. The molecule has 0 saturated carbocycles. The zero-order chi connectivity index (χ0) is 13.1. The maximum Gasteiger partial charge on any atom is 0.108 e. The van der Waals surface area contributed by atoms with Gasteiger partial charge in [0.1, 0.15) is 6.61 Å². The highest BCUT2D eigenvalue weighted by atomic mass is 16.5. The third kappa shape index (κ3) is 8.24. The molecule has 1 aliphatic rings. The summed E-state index contributed by atoms with van der Waals surface area (Å²) in [6.07, 6.45) is 2.77. The second kappa shape index (κ2) is 10.6. The van der Waals surface area contributed by atoms with Gasteiger partial charge in [0.05, 0.1) is 6.10 Å². The van der Waals surface area contributed by atoms with Gasteiger partial charge in [0.15, 0.2) is 0 Å². The van der Waals surface area contributed by atoms with Crippen LogP contribution in [-0.4, -0.2) is 37.2 Å². The molecule has 0 aliphatic carbocycles. The largest absolute Gasteiger partial charge is 0.365 e. The minimum atomic E-state index is 0.439. The maximum absolute atomic E-state index is 5.73. The Morgan fingerprint density at radius 3 is 2.29 bits per heavy atom. The van der Waals surface area contributed by atoms with Crippen molar-refractivity contribution in [2.24, 2.45) is 5.92 Å². The molecule has 0 N–H and O–H groups in total. The van der Waals surface area contributed by atoms with E-state index >= 15 is 0 Å². The normalized spacial score (nSPS) is 17.1. The fourth-order valence-corrected chi connectivity index (χ4v) is 1.80. The number of rotatable bonds is 3. The quantitative estimate of drug-likeness (QED) is 0.701. The third-order valence-corrected chi connectivity index (χ3v) is 2.76. The van der Waals surface area contributed by atoms with Crippen LogP contribution in [0.4, 0.5) is 0 Å². The number of hydrogen-bond acceptors (Lipinski definition) is 2. The van der Waals surface area contributed by atoms with Gasteiger partial charge in [0.25, 0.3) is 0 Å². The average Bonchev–Trinajstić information content (AvgIpc) is 2.37. The van der Waals surface area contributed by atoms with Gasteiger partial charge in [-0.1, -0.05) is 46.5 Å². The number of hydrogen-bond donors (Lipinski definition) is 0. The summed E-state index contributed by atoms with van der Waals surface area (Å²) >= 11 is 0. The molecule has 0 amide bonds. The number of piperidine rings is 1. The van der Waals surface area contributed by atoms with Crippen LogP contribution in [0.5, 0.6) is 0 Å². The minimum Gasteiger partial charge on any atom is -0.365 e. The van der Waals surface area contributed by atoms with E-state index < -0.39 is 0 Å². The van der Waals surface area contributed by atoms with E-state index in [0.29, 0.717) is 18.6 Å². The van der Waals surface area contributed by atoms with Crippen LogP contribution in [0.2, 0.25) is 0 Å². The molecule has 2 nitrogen and oxygen atoms in total. The van der Waals surface area contributed by atoms with Gasteiger partial charge >= 0.3 is 0 Å². The van der Waals surface area contributed by atoms with E-state index in [2.05, 4.69) is 37.5 Å². The van der Waals surface area contributed by atoms with Crippen LogP contribution in [0.25, 0.3) is 0 Å². The van der Waals surface area contributed by atoms with E-state index in [9.17, 15) is 0 Å². The van der Waals surface area contributed by atoms with E-state index in [1.165, 1.54) is 19.6 Å². The predicted molar refractivity (Wildman–Crippen MR) is 75.1 cm³/mol. The molecule has 0 aromatic rings. The van der Waals surface area contributed by atoms with Crippen LogP contribution in [0.1, 0.15) is 47.5 Å². The summed E-state index contributed by atoms with van der Waals surface area (Å²) in [5, 5.41) is 0. The molecule has 1 aliphatic heterocycles. The van der Waals surface area contributed by atoms with Crippen molar-refractivity contribution in [1.82, 2.24) is 4.90 Å². The molecule has 0 spiro atoms. The Hall–Kier alpha value is -0.520. The SMILES string of the molecule is CC.CCN1CCC(OCC#CC(C)C)CC1. The highest BCUT2D eigenvalue weighted by Gasteiger charge is 2.17. The third-order valence-electron chi connectivity index (χ3n) is 2.76. The van der Waals surface area contributed by atoms with Gasteiger partial charge in [0, 0.05) is 19.0 Å². The first-order chi connectivity index (χ1) is 8.22. The Kier molecular flexibility index (Phi) is 10.3. The molecule has 0 atom stereocenters. The first-order valence-corrected chi connectivity index (χ1v) is 7.04. The standard InChI is InChI=1S/C13H23NO.C2H6/c1-4-14-9-7-13(8-10-14)15-11-5-6-12(2)3;1-2/h12-13H,4,7-11H2,1-3H3;1-2H3. The zero-order valence-corrected chi connectivity index (χ0v) is 12.3. The average molecular weight is 239 g/mol. The van der Waals surface area contributed by atoms with Gasteiger partial charge in [-0.3, -0.25) is 0 Å². The van der Waals surface area contributed by atoms with E-state index in [1.807, 2.05) is 13.8 Å². The van der Waals surface area contributed by atoms with Crippen LogP contribution in [0.15, 0.2) is 0 Å². The molecule has 1 heterocycles.